The molecule has 0 spiro atoms. The average Bonchev–Trinajstić information content (AvgIpc) is 2.95. The summed E-state index contributed by atoms with van der Waals surface area (Å²) in [7, 11) is 0. The third-order valence-corrected chi connectivity index (χ3v) is 4.33. The Morgan fingerprint density at radius 1 is 1.00 bits per heavy atom. The Kier molecular flexibility index (Phi) is 3.23. The van der Waals surface area contributed by atoms with Crippen LogP contribution in [0.4, 0.5) is 0 Å². The van der Waals surface area contributed by atoms with Gasteiger partial charge < -0.3 is 0 Å². The van der Waals surface area contributed by atoms with Crippen LogP contribution in [0, 0.1) is 11.3 Å². The zero-order valence-corrected chi connectivity index (χ0v) is 13.3. The number of halogens is 2. The fourth-order valence-electron chi connectivity index (χ4n) is 2.75. The van der Waals surface area contributed by atoms with Gasteiger partial charge in [0.15, 0.2) is 5.65 Å². The third-order valence-electron chi connectivity index (χ3n) is 3.80. The summed E-state index contributed by atoms with van der Waals surface area (Å²) in [5.74, 6) is 0. The first-order valence-corrected chi connectivity index (χ1v) is 7.70. The lowest BCUT2D eigenvalue weighted by molar-refractivity contribution is 1.22. The minimum absolute atomic E-state index is 0.493. The quantitative estimate of drug-likeness (QED) is 0.440. The smallest absolute Gasteiger partial charge is 0.157 e. The van der Waals surface area contributed by atoms with Crippen LogP contribution in [0.3, 0.4) is 0 Å². The Labute approximate surface area is 142 Å². The average molecular weight is 338 g/mol. The minimum Gasteiger partial charge on any atom is -0.282 e. The van der Waals surface area contributed by atoms with Gasteiger partial charge in [-0.2, -0.15) is 5.26 Å². The third kappa shape index (κ3) is 2.16. The molecule has 4 aromatic rings. The molecular weight excluding hydrogens is 329 g/mol. The van der Waals surface area contributed by atoms with Crippen molar-refractivity contribution in [2.24, 2.45) is 0 Å². The number of benzene rings is 2. The summed E-state index contributed by atoms with van der Waals surface area (Å²) in [4.78, 5) is 4.58. The number of pyridine rings is 1. The van der Waals surface area contributed by atoms with Crippen LogP contribution in [0.2, 0.25) is 10.2 Å². The highest BCUT2D eigenvalue weighted by Crippen LogP contribution is 2.32. The van der Waals surface area contributed by atoms with Crippen LogP contribution in [0.15, 0.2) is 54.6 Å². The largest absolute Gasteiger partial charge is 0.282 e. The van der Waals surface area contributed by atoms with E-state index < -0.39 is 0 Å². The van der Waals surface area contributed by atoms with Crippen molar-refractivity contribution in [3.8, 4) is 17.2 Å². The van der Waals surface area contributed by atoms with E-state index in [-0.39, 0.29) is 0 Å². The SMILES string of the molecule is N#Cc1c(-c2ccc(Cl)cc2)cc(Cl)n2c1nc1ccccc12. The number of nitrogens with zero attached hydrogens (tertiary/aromatic N) is 3. The van der Waals surface area contributed by atoms with Crippen molar-refractivity contribution in [2.45, 2.75) is 0 Å². The van der Waals surface area contributed by atoms with Crippen LogP contribution in [0.25, 0.3) is 27.8 Å². The molecule has 2 aromatic carbocycles. The molecule has 5 heteroatoms. The summed E-state index contributed by atoms with van der Waals surface area (Å²) >= 11 is 12.4. The lowest BCUT2D eigenvalue weighted by atomic mass is 10.0. The molecule has 0 atom stereocenters. The van der Waals surface area contributed by atoms with Crippen LogP contribution in [-0.2, 0) is 0 Å². The van der Waals surface area contributed by atoms with Gasteiger partial charge in [-0.05, 0) is 35.9 Å². The van der Waals surface area contributed by atoms with Gasteiger partial charge in [0.1, 0.15) is 16.8 Å². The highest BCUT2D eigenvalue weighted by Gasteiger charge is 2.16. The maximum absolute atomic E-state index is 9.68. The monoisotopic (exact) mass is 337 g/mol. The number of hydrogen-bond donors (Lipinski definition) is 0. The van der Waals surface area contributed by atoms with Gasteiger partial charge in [0.05, 0.1) is 11.0 Å². The maximum atomic E-state index is 9.68. The van der Waals surface area contributed by atoms with E-state index in [0.717, 1.165) is 22.2 Å². The Balaban J connectivity index is 2.13. The van der Waals surface area contributed by atoms with Crippen molar-refractivity contribution in [1.29, 1.82) is 5.26 Å². The second-order valence-electron chi connectivity index (χ2n) is 5.13. The van der Waals surface area contributed by atoms with E-state index in [2.05, 4.69) is 11.1 Å². The molecule has 0 aliphatic rings. The molecule has 0 radical (unpaired) electrons. The van der Waals surface area contributed by atoms with Crippen molar-refractivity contribution in [2.75, 3.05) is 0 Å². The van der Waals surface area contributed by atoms with E-state index in [1.807, 2.05) is 36.4 Å². The van der Waals surface area contributed by atoms with E-state index in [4.69, 9.17) is 23.2 Å². The molecule has 0 aliphatic heterocycles. The molecule has 2 aromatic heterocycles. The van der Waals surface area contributed by atoms with Gasteiger partial charge in [0.2, 0.25) is 0 Å². The number of fused-ring (bicyclic) bond motifs is 3. The van der Waals surface area contributed by atoms with Gasteiger partial charge >= 0.3 is 0 Å². The second kappa shape index (κ2) is 5.27. The van der Waals surface area contributed by atoms with Gasteiger partial charge in [0.25, 0.3) is 0 Å². The highest BCUT2D eigenvalue weighted by molar-refractivity contribution is 6.31. The Morgan fingerprint density at radius 3 is 2.48 bits per heavy atom. The van der Waals surface area contributed by atoms with E-state index in [1.165, 1.54) is 0 Å². The van der Waals surface area contributed by atoms with Crippen LogP contribution < -0.4 is 0 Å². The normalized spacial score (nSPS) is 11.0. The van der Waals surface area contributed by atoms with Crippen LogP contribution in [-0.4, -0.2) is 9.38 Å². The summed E-state index contributed by atoms with van der Waals surface area (Å²) in [6.45, 7) is 0. The molecule has 0 unspecified atom stereocenters. The van der Waals surface area contributed by atoms with Gasteiger partial charge in [-0.3, -0.25) is 4.40 Å². The van der Waals surface area contributed by atoms with Gasteiger partial charge in [0, 0.05) is 10.6 Å². The van der Waals surface area contributed by atoms with Crippen molar-refractivity contribution in [1.82, 2.24) is 9.38 Å². The summed E-state index contributed by atoms with van der Waals surface area (Å²) < 4.78 is 1.80. The zero-order chi connectivity index (χ0) is 16.0. The molecule has 0 saturated carbocycles. The first-order valence-electron chi connectivity index (χ1n) is 6.95. The predicted molar refractivity (Wildman–Crippen MR) is 92.9 cm³/mol. The zero-order valence-electron chi connectivity index (χ0n) is 11.8. The Morgan fingerprint density at radius 2 is 1.74 bits per heavy atom. The number of imidazole rings is 1. The fraction of sp³-hybridized carbons (Fsp3) is 0. The molecule has 3 nitrogen and oxygen atoms in total. The highest BCUT2D eigenvalue weighted by atomic mass is 35.5. The maximum Gasteiger partial charge on any atom is 0.157 e. The first-order chi connectivity index (χ1) is 11.2. The topological polar surface area (TPSA) is 41.1 Å². The number of rotatable bonds is 1. The molecule has 0 aliphatic carbocycles. The van der Waals surface area contributed by atoms with Crippen LogP contribution >= 0.6 is 23.2 Å². The van der Waals surface area contributed by atoms with E-state index in [0.29, 0.717) is 21.4 Å². The number of nitriles is 1. The molecule has 23 heavy (non-hydrogen) atoms. The predicted octanol–water partition coefficient (Wildman–Crippen LogP) is 5.33. The van der Waals surface area contributed by atoms with Gasteiger partial charge in [-0.25, -0.2) is 4.98 Å². The van der Waals surface area contributed by atoms with Crippen LogP contribution in [0.5, 0.6) is 0 Å². The van der Waals surface area contributed by atoms with Gasteiger partial charge in [-0.1, -0.05) is 47.5 Å². The standard InChI is InChI=1S/C18H9Cl2N3/c19-12-7-5-11(6-8-12)13-9-17(20)23-16-4-2-1-3-15(16)22-18(23)14(13)10-21/h1-9H. The van der Waals surface area contributed by atoms with Gasteiger partial charge in [-0.15, -0.1) is 0 Å². The number of aromatic nitrogens is 2. The van der Waals surface area contributed by atoms with Crippen LogP contribution in [0.1, 0.15) is 5.56 Å². The van der Waals surface area contributed by atoms with Crippen molar-refractivity contribution in [3.63, 3.8) is 0 Å². The molecule has 4 rings (SSSR count). The summed E-state index contributed by atoms with van der Waals surface area (Å²) in [6.07, 6.45) is 0. The fourth-order valence-corrected chi connectivity index (χ4v) is 3.16. The molecule has 0 saturated heterocycles. The van der Waals surface area contributed by atoms with Crippen molar-refractivity contribution < 1.29 is 0 Å². The molecule has 110 valence electrons. The molecule has 2 heterocycles. The van der Waals surface area contributed by atoms with Crippen molar-refractivity contribution in [3.05, 3.63) is 70.3 Å². The summed E-state index contributed by atoms with van der Waals surface area (Å²) in [5, 5.41) is 10.8. The molecule has 0 N–H and O–H groups in total. The molecular formula is C18H9Cl2N3. The van der Waals surface area contributed by atoms with Crippen molar-refractivity contribution >= 4 is 39.9 Å². The first kappa shape index (κ1) is 14.1. The summed E-state index contributed by atoms with van der Waals surface area (Å²) in [5.41, 5.74) is 4.37. The van der Waals surface area contributed by atoms with E-state index in [9.17, 15) is 5.26 Å². The van der Waals surface area contributed by atoms with E-state index in [1.54, 1.807) is 22.6 Å². The summed E-state index contributed by atoms with van der Waals surface area (Å²) in [6, 6.07) is 19.1. The molecule has 0 fully saturated rings. The molecule has 0 amide bonds. The lowest BCUT2D eigenvalue weighted by Gasteiger charge is -2.08. The van der Waals surface area contributed by atoms with E-state index >= 15 is 0 Å². The number of hydrogen-bond acceptors (Lipinski definition) is 2. The Hall–Kier alpha value is -2.54. The lowest BCUT2D eigenvalue weighted by Crippen LogP contribution is -1.95. The number of para-hydroxylation sites is 2. The minimum atomic E-state index is 0.493. The molecule has 0 bridgehead atoms. The Bertz CT molecular complexity index is 1090. The second-order valence-corrected chi connectivity index (χ2v) is 5.96.